The quantitative estimate of drug-likeness (QED) is 0.726. The molecule has 0 spiro atoms. The third-order valence-electron chi connectivity index (χ3n) is 4.41. The van der Waals surface area contributed by atoms with Crippen LogP contribution >= 0.6 is 0 Å². The van der Waals surface area contributed by atoms with Crippen LogP contribution in [0.1, 0.15) is 46.0 Å². The van der Waals surface area contributed by atoms with E-state index in [1.807, 2.05) is 6.92 Å². The highest BCUT2D eigenvalue weighted by atomic mass is 16.4. The largest absolute Gasteiger partial charge is 0.481 e. The average molecular weight is 222 g/mol. The van der Waals surface area contributed by atoms with Crippen LogP contribution in [0.4, 0.5) is 0 Å². The molecule has 1 N–H and O–H groups in total. The second-order valence-corrected chi connectivity index (χ2v) is 5.58. The SMILES string of the molecule is CC1C=C2C(CCCC2C(C)C(=O)O)CC1. The lowest BCUT2D eigenvalue weighted by molar-refractivity contribution is -0.142. The number of hydrogen-bond acceptors (Lipinski definition) is 1. The topological polar surface area (TPSA) is 37.3 Å². The number of carboxylic acid groups (broad SMARTS) is 1. The molecule has 4 atom stereocenters. The number of aliphatic carboxylic acids is 1. The molecule has 0 aliphatic heterocycles. The van der Waals surface area contributed by atoms with Gasteiger partial charge in [-0.1, -0.05) is 31.9 Å². The molecule has 0 saturated heterocycles. The van der Waals surface area contributed by atoms with E-state index in [1.165, 1.54) is 31.3 Å². The third kappa shape index (κ3) is 2.16. The van der Waals surface area contributed by atoms with Crippen molar-refractivity contribution in [2.24, 2.45) is 23.7 Å². The maximum Gasteiger partial charge on any atom is 0.306 e. The molecule has 4 unspecified atom stereocenters. The van der Waals surface area contributed by atoms with Crippen molar-refractivity contribution in [3.05, 3.63) is 11.6 Å². The summed E-state index contributed by atoms with van der Waals surface area (Å²) < 4.78 is 0. The van der Waals surface area contributed by atoms with E-state index in [9.17, 15) is 4.79 Å². The van der Waals surface area contributed by atoms with E-state index < -0.39 is 5.97 Å². The van der Waals surface area contributed by atoms with Gasteiger partial charge in [0.25, 0.3) is 0 Å². The number of rotatable bonds is 2. The van der Waals surface area contributed by atoms with Crippen molar-refractivity contribution in [3.63, 3.8) is 0 Å². The van der Waals surface area contributed by atoms with Gasteiger partial charge in [-0.3, -0.25) is 4.79 Å². The lowest BCUT2D eigenvalue weighted by Crippen LogP contribution is -2.31. The van der Waals surface area contributed by atoms with Gasteiger partial charge in [0, 0.05) is 0 Å². The van der Waals surface area contributed by atoms with Gasteiger partial charge in [0.05, 0.1) is 5.92 Å². The molecule has 0 radical (unpaired) electrons. The molecular formula is C14H22O2. The predicted octanol–water partition coefficient (Wildman–Crippen LogP) is 3.48. The summed E-state index contributed by atoms with van der Waals surface area (Å²) in [6.45, 7) is 4.12. The van der Waals surface area contributed by atoms with Crippen LogP contribution in [0, 0.1) is 23.7 Å². The van der Waals surface area contributed by atoms with E-state index in [4.69, 9.17) is 5.11 Å². The molecule has 2 nitrogen and oxygen atoms in total. The zero-order valence-corrected chi connectivity index (χ0v) is 10.3. The molecular weight excluding hydrogens is 200 g/mol. The first-order valence-corrected chi connectivity index (χ1v) is 6.54. The van der Waals surface area contributed by atoms with Crippen molar-refractivity contribution in [3.8, 4) is 0 Å². The molecule has 0 heterocycles. The molecule has 2 aliphatic rings. The van der Waals surface area contributed by atoms with Crippen LogP contribution in [-0.2, 0) is 4.79 Å². The van der Waals surface area contributed by atoms with Gasteiger partial charge in [0.15, 0.2) is 0 Å². The fourth-order valence-electron chi connectivity index (χ4n) is 3.38. The van der Waals surface area contributed by atoms with Gasteiger partial charge in [-0.25, -0.2) is 0 Å². The minimum atomic E-state index is -0.634. The summed E-state index contributed by atoms with van der Waals surface area (Å²) in [4.78, 5) is 11.1. The van der Waals surface area contributed by atoms with Crippen molar-refractivity contribution in [2.75, 3.05) is 0 Å². The summed E-state index contributed by atoms with van der Waals surface area (Å²) in [6.07, 6.45) is 8.48. The van der Waals surface area contributed by atoms with Crippen molar-refractivity contribution >= 4 is 5.97 Å². The maximum atomic E-state index is 11.1. The summed E-state index contributed by atoms with van der Waals surface area (Å²) in [5.41, 5.74) is 1.47. The normalized spacial score (nSPS) is 36.1. The minimum absolute atomic E-state index is 0.209. The predicted molar refractivity (Wildman–Crippen MR) is 64.1 cm³/mol. The van der Waals surface area contributed by atoms with Crippen LogP contribution in [0.5, 0.6) is 0 Å². The Labute approximate surface area is 97.7 Å². The lowest BCUT2D eigenvalue weighted by Gasteiger charge is -2.38. The van der Waals surface area contributed by atoms with Crippen molar-refractivity contribution < 1.29 is 9.90 Å². The third-order valence-corrected chi connectivity index (χ3v) is 4.41. The van der Waals surface area contributed by atoms with Gasteiger partial charge >= 0.3 is 5.97 Å². The van der Waals surface area contributed by atoms with Crippen LogP contribution < -0.4 is 0 Å². The molecule has 1 fully saturated rings. The van der Waals surface area contributed by atoms with Crippen molar-refractivity contribution in [1.29, 1.82) is 0 Å². The molecule has 2 aliphatic carbocycles. The van der Waals surface area contributed by atoms with Crippen LogP contribution in [0.2, 0.25) is 0 Å². The zero-order chi connectivity index (χ0) is 11.7. The molecule has 0 amide bonds. The Kier molecular flexibility index (Phi) is 3.36. The molecule has 1 saturated carbocycles. The highest BCUT2D eigenvalue weighted by Crippen LogP contribution is 2.44. The Morgan fingerprint density at radius 2 is 2.12 bits per heavy atom. The smallest absolute Gasteiger partial charge is 0.306 e. The van der Waals surface area contributed by atoms with Crippen molar-refractivity contribution in [2.45, 2.75) is 46.0 Å². The van der Waals surface area contributed by atoms with Gasteiger partial charge in [-0.2, -0.15) is 0 Å². The Morgan fingerprint density at radius 1 is 1.38 bits per heavy atom. The number of hydrogen-bond donors (Lipinski definition) is 1. The van der Waals surface area contributed by atoms with E-state index in [0.29, 0.717) is 17.8 Å². The standard InChI is InChI=1S/C14H22O2/c1-9-6-7-11-4-3-5-12(13(11)8-9)10(2)14(15)16/h8-12H,3-7H2,1-2H3,(H,15,16). The van der Waals surface area contributed by atoms with Gasteiger partial charge in [0.1, 0.15) is 0 Å². The highest BCUT2D eigenvalue weighted by molar-refractivity contribution is 5.70. The fourth-order valence-corrected chi connectivity index (χ4v) is 3.38. The average Bonchev–Trinajstić information content (AvgIpc) is 2.27. The van der Waals surface area contributed by atoms with E-state index in [1.54, 1.807) is 0 Å². The number of carbonyl (C=O) groups is 1. The molecule has 0 bridgehead atoms. The maximum absolute atomic E-state index is 11.1. The van der Waals surface area contributed by atoms with Gasteiger partial charge < -0.3 is 5.11 Å². The molecule has 2 rings (SSSR count). The second kappa shape index (κ2) is 4.60. The summed E-state index contributed by atoms with van der Waals surface area (Å²) in [7, 11) is 0. The summed E-state index contributed by atoms with van der Waals surface area (Å²) in [5.74, 6) is 0.799. The Hall–Kier alpha value is -0.790. The molecule has 0 aromatic heterocycles. The van der Waals surface area contributed by atoms with Crippen LogP contribution in [0.3, 0.4) is 0 Å². The van der Waals surface area contributed by atoms with E-state index in [0.717, 1.165) is 6.42 Å². The summed E-state index contributed by atoms with van der Waals surface area (Å²) >= 11 is 0. The van der Waals surface area contributed by atoms with Gasteiger partial charge in [-0.15, -0.1) is 0 Å². The fraction of sp³-hybridized carbons (Fsp3) is 0.786. The second-order valence-electron chi connectivity index (χ2n) is 5.58. The molecule has 2 heteroatoms. The van der Waals surface area contributed by atoms with Crippen LogP contribution in [-0.4, -0.2) is 11.1 Å². The van der Waals surface area contributed by atoms with Gasteiger partial charge in [0.2, 0.25) is 0 Å². The first-order valence-electron chi connectivity index (χ1n) is 6.54. The van der Waals surface area contributed by atoms with Crippen LogP contribution in [0.15, 0.2) is 11.6 Å². The summed E-state index contributed by atoms with van der Waals surface area (Å²) in [5, 5.41) is 9.16. The minimum Gasteiger partial charge on any atom is -0.481 e. The first kappa shape index (κ1) is 11.7. The molecule has 90 valence electrons. The number of allylic oxidation sites excluding steroid dienone is 2. The Morgan fingerprint density at radius 3 is 2.81 bits per heavy atom. The van der Waals surface area contributed by atoms with Crippen LogP contribution in [0.25, 0.3) is 0 Å². The van der Waals surface area contributed by atoms with E-state index in [2.05, 4.69) is 13.0 Å². The summed E-state index contributed by atoms with van der Waals surface area (Å²) in [6, 6.07) is 0. The van der Waals surface area contributed by atoms with Crippen molar-refractivity contribution in [1.82, 2.24) is 0 Å². The molecule has 16 heavy (non-hydrogen) atoms. The van der Waals surface area contributed by atoms with E-state index >= 15 is 0 Å². The molecule has 0 aromatic rings. The lowest BCUT2D eigenvalue weighted by atomic mass is 9.66. The Balaban J connectivity index is 2.21. The van der Waals surface area contributed by atoms with Gasteiger partial charge in [-0.05, 0) is 43.4 Å². The number of carboxylic acids is 1. The number of fused-ring (bicyclic) bond motifs is 1. The molecule has 0 aromatic carbocycles. The zero-order valence-electron chi connectivity index (χ0n) is 10.3. The highest BCUT2D eigenvalue weighted by Gasteiger charge is 2.35. The Bertz CT molecular complexity index is 306. The first-order chi connectivity index (χ1) is 7.59. The monoisotopic (exact) mass is 222 g/mol. The van der Waals surface area contributed by atoms with E-state index in [-0.39, 0.29) is 5.92 Å².